The SMILES string of the molecule is O=C([C@@H]1C[C@@H]1c1ccco1)N1CCN(c2ccc(Cl)cn2)CC1. The number of nitrogens with zero attached hydrogens (tertiary/aromatic N) is 3. The van der Waals surface area contributed by atoms with Gasteiger partial charge in [-0.1, -0.05) is 11.6 Å². The number of anilines is 1. The van der Waals surface area contributed by atoms with E-state index in [4.69, 9.17) is 16.0 Å². The minimum absolute atomic E-state index is 0.0985. The van der Waals surface area contributed by atoms with Crippen LogP contribution >= 0.6 is 11.6 Å². The number of hydrogen-bond acceptors (Lipinski definition) is 4. The molecule has 120 valence electrons. The van der Waals surface area contributed by atoms with E-state index < -0.39 is 0 Å². The average molecular weight is 332 g/mol. The van der Waals surface area contributed by atoms with E-state index in [1.165, 1.54) is 0 Å². The zero-order chi connectivity index (χ0) is 15.8. The van der Waals surface area contributed by atoms with Crippen molar-refractivity contribution >= 4 is 23.3 Å². The van der Waals surface area contributed by atoms with E-state index >= 15 is 0 Å². The maximum absolute atomic E-state index is 12.6. The summed E-state index contributed by atoms with van der Waals surface area (Å²) in [5, 5.41) is 0.639. The van der Waals surface area contributed by atoms with Gasteiger partial charge in [-0.05, 0) is 30.7 Å². The maximum Gasteiger partial charge on any atom is 0.226 e. The van der Waals surface area contributed by atoms with E-state index in [1.54, 1.807) is 12.5 Å². The van der Waals surface area contributed by atoms with Crippen LogP contribution in [0.3, 0.4) is 0 Å². The lowest BCUT2D eigenvalue weighted by atomic mass is 10.2. The van der Waals surface area contributed by atoms with Gasteiger partial charge in [0.2, 0.25) is 5.91 Å². The molecular formula is C17H18ClN3O2. The Hall–Kier alpha value is -2.01. The van der Waals surface area contributed by atoms with Gasteiger partial charge in [0.15, 0.2) is 0 Å². The summed E-state index contributed by atoms with van der Waals surface area (Å²) in [5.41, 5.74) is 0. The molecule has 23 heavy (non-hydrogen) atoms. The average Bonchev–Trinajstić information content (AvgIpc) is 3.20. The Bertz CT molecular complexity index is 678. The molecule has 3 heterocycles. The summed E-state index contributed by atoms with van der Waals surface area (Å²) < 4.78 is 5.41. The zero-order valence-corrected chi connectivity index (χ0v) is 13.4. The van der Waals surface area contributed by atoms with E-state index in [0.717, 1.165) is 44.2 Å². The number of furan rings is 1. The molecule has 0 aromatic carbocycles. The number of halogens is 1. The van der Waals surface area contributed by atoms with Gasteiger partial charge in [-0.25, -0.2) is 4.98 Å². The van der Waals surface area contributed by atoms with Crippen LogP contribution in [-0.2, 0) is 4.79 Å². The number of carbonyl (C=O) groups is 1. The highest BCUT2D eigenvalue weighted by Crippen LogP contribution is 2.48. The van der Waals surface area contributed by atoms with E-state index in [-0.39, 0.29) is 17.7 Å². The van der Waals surface area contributed by atoms with Crippen LogP contribution in [0, 0.1) is 5.92 Å². The molecule has 1 saturated heterocycles. The van der Waals surface area contributed by atoms with E-state index in [9.17, 15) is 4.79 Å². The van der Waals surface area contributed by atoms with Crippen LogP contribution in [0.4, 0.5) is 5.82 Å². The van der Waals surface area contributed by atoms with E-state index in [2.05, 4.69) is 9.88 Å². The molecule has 6 heteroatoms. The van der Waals surface area contributed by atoms with E-state index in [1.807, 2.05) is 29.2 Å². The minimum Gasteiger partial charge on any atom is -0.469 e. The van der Waals surface area contributed by atoms with Crippen LogP contribution in [-0.4, -0.2) is 42.0 Å². The molecule has 0 spiro atoms. The molecule has 4 rings (SSSR count). The monoisotopic (exact) mass is 331 g/mol. The fourth-order valence-corrected chi connectivity index (χ4v) is 3.34. The standard InChI is InChI=1S/C17H18ClN3O2/c18-12-3-4-16(19-11-12)20-5-7-21(8-6-20)17(22)14-10-13(14)15-2-1-9-23-15/h1-4,9,11,13-14H,5-8,10H2/t13-,14+/m0/s1. The summed E-state index contributed by atoms with van der Waals surface area (Å²) in [6, 6.07) is 7.61. The molecule has 0 bridgehead atoms. The lowest BCUT2D eigenvalue weighted by Crippen LogP contribution is -2.49. The van der Waals surface area contributed by atoms with Crippen molar-refractivity contribution in [1.82, 2.24) is 9.88 Å². The van der Waals surface area contributed by atoms with Crippen molar-refractivity contribution in [1.29, 1.82) is 0 Å². The highest BCUT2D eigenvalue weighted by molar-refractivity contribution is 6.30. The second-order valence-electron chi connectivity index (χ2n) is 6.11. The molecule has 2 atom stereocenters. The van der Waals surface area contributed by atoms with Crippen LogP contribution in [0.1, 0.15) is 18.1 Å². The van der Waals surface area contributed by atoms with Gasteiger partial charge >= 0.3 is 0 Å². The van der Waals surface area contributed by atoms with Crippen LogP contribution in [0.2, 0.25) is 5.02 Å². The molecule has 0 unspecified atom stereocenters. The molecule has 1 aliphatic heterocycles. The van der Waals surface area contributed by atoms with Gasteiger partial charge in [0.25, 0.3) is 0 Å². The topological polar surface area (TPSA) is 49.6 Å². The summed E-state index contributed by atoms with van der Waals surface area (Å²) in [4.78, 5) is 21.1. The van der Waals surface area contributed by atoms with Gasteiger partial charge in [-0.2, -0.15) is 0 Å². The smallest absolute Gasteiger partial charge is 0.226 e. The first kappa shape index (κ1) is 14.6. The molecule has 5 nitrogen and oxygen atoms in total. The van der Waals surface area contributed by atoms with Gasteiger partial charge in [-0.15, -0.1) is 0 Å². The van der Waals surface area contributed by atoms with Crippen molar-refractivity contribution in [3.05, 3.63) is 47.5 Å². The number of hydrogen-bond donors (Lipinski definition) is 0. The summed E-state index contributed by atoms with van der Waals surface area (Å²) in [7, 11) is 0. The summed E-state index contributed by atoms with van der Waals surface area (Å²) in [6.07, 6.45) is 4.24. The van der Waals surface area contributed by atoms with Crippen molar-refractivity contribution in [2.24, 2.45) is 5.92 Å². The van der Waals surface area contributed by atoms with Crippen LogP contribution in [0.25, 0.3) is 0 Å². The Morgan fingerprint density at radius 1 is 1.22 bits per heavy atom. The van der Waals surface area contributed by atoms with Crippen LogP contribution < -0.4 is 4.90 Å². The van der Waals surface area contributed by atoms with Gasteiger partial charge in [0.1, 0.15) is 11.6 Å². The Labute approximate surface area is 139 Å². The molecule has 0 N–H and O–H groups in total. The first-order valence-electron chi connectivity index (χ1n) is 7.91. The first-order chi connectivity index (χ1) is 11.2. The number of rotatable bonds is 3. The van der Waals surface area contributed by atoms with Gasteiger partial charge in [-0.3, -0.25) is 4.79 Å². The Balaban J connectivity index is 1.33. The Kier molecular flexibility index (Phi) is 3.73. The Morgan fingerprint density at radius 2 is 2.04 bits per heavy atom. The highest BCUT2D eigenvalue weighted by atomic mass is 35.5. The summed E-state index contributed by atoms with van der Waals surface area (Å²) in [6.45, 7) is 3.09. The second-order valence-corrected chi connectivity index (χ2v) is 6.55. The molecule has 2 aromatic rings. The lowest BCUT2D eigenvalue weighted by Gasteiger charge is -2.35. The molecule has 1 saturated carbocycles. The zero-order valence-electron chi connectivity index (χ0n) is 12.7. The predicted octanol–water partition coefficient (Wildman–Crippen LogP) is 2.78. The molecule has 2 aromatic heterocycles. The van der Waals surface area contributed by atoms with Crippen molar-refractivity contribution in [2.45, 2.75) is 12.3 Å². The second kappa shape index (κ2) is 5.89. The fraction of sp³-hybridized carbons (Fsp3) is 0.412. The number of piperazine rings is 1. The van der Waals surface area contributed by atoms with Gasteiger partial charge in [0.05, 0.1) is 11.3 Å². The molecular weight excluding hydrogens is 314 g/mol. The van der Waals surface area contributed by atoms with Gasteiger partial charge < -0.3 is 14.2 Å². The Morgan fingerprint density at radius 3 is 2.70 bits per heavy atom. The highest BCUT2D eigenvalue weighted by Gasteiger charge is 2.47. The molecule has 1 aliphatic carbocycles. The number of pyridine rings is 1. The number of aromatic nitrogens is 1. The predicted molar refractivity (Wildman–Crippen MR) is 87.6 cm³/mol. The third-order valence-electron chi connectivity index (χ3n) is 4.64. The van der Waals surface area contributed by atoms with Crippen molar-refractivity contribution in [3.63, 3.8) is 0 Å². The first-order valence-corrected chi connectivity index (χ1v) is 8.29. The fourth-order valence-electron chi connectivity index (χ4n) is 3.23. The third-order valence-corrected chi connectivity index (χ3v) is 4.87. The molecule has 2 fully saturated rings. The summed E-state index contributed by atoms with van der Waals surface area (Å²) in [5.74, 6) is 2.48. The molecule has 1 amide bonds. The largest absolute Gasteiger partial charge is 0.469 e. The van der Waals surface area contributed by atoms with Crippen molar-refractivity contribution < 1.29 is 9.21 Å². The van der Waals surface area contributed by atoms with Crippen LogP contribution in [0.15, 0.2) is 41.1 Å². The van der Waals surface area contributed by atoms with Gasteiger partial charge in [0, 0.05) is 44.2 Å². The van der Waals surface area contributed by atoms with Crippen molar-refractivity contribution in [2.75, 3.05) is 31.1 Å². The number of amides is 1. The third kappa shape index (κ3) is 2.93. The number of carbonyl (C=O) groups excluding carboxylic acids is 1. The summed E-state index contributed by atoms with van der Waals surface area (Å²) >= 11 is 5.87. The quantitative estimate of drug-likeness (QED) is 0.867. The van der Waals surface area contributed by atoms with Crippen LogP contribution in [0.5, 0.6) is 0 Å². The lowest BCUT2D eigenvalue weighted by molar-refractivity contribution is -0.133. The minimum atomic E-state index is 0.0985. The van der Waals surface area contributed by atoms with E-state index in [0.29, 0.717) is 5.02 Å². The molecule has 0 radical (unpaired) electrons. The normalized spacial score (nSPS) is 23.9. The molecule has 2 aliphatic rings. The maximum atomic E-state index is 12.6. The van der Waals surface area contributed by atoms with Crippen molar-refractivity contribution in [3.8, 4) is 0 Å².